The molecule has 0 radical (unpaired) electrons. The molecule has 0 aromatic heterocycles. The quantitative estimate of drug-likeness (QED) is 0.561. The van der Waals surface area contributed by atoms with Gasteiger partial charge in [0.2, 0.25) is 12.0 Å². The Hall–Kier alpha value is -1.93. The van der Waals surface area contributed by atoms with Gasteiger partial charge in [0, 0.05) is 13.0 Å². The number of rotatable bonds is 2. The maximum Gasteiger partial charge on any atom is 0.240 e. The molecule has 1 saturated heterocycles. The first-order valence-electron chi connectivity index (χ1n) is 5.21. The molecule has 82 valence electrons. The van der Waals surface area contributed by atoms with Crippen molar-refractivity contribution in [3.05, 3.63) is 23.8 Å². The molecule has 0 saturated carbocycles. The molecule has 0 bridgehead atoms. The van der Waals surface area contributed by atoms with Gasteiger partial charge in [0.05, 0.1) is 5.69 Å². The number of hydrogen-bond acceptors (Lipinski definition) is 3. The second kappa shape index (κ2) is 4.29. The van der Waals surface area contributed by atoms with E-state index >= 15 is 0 Å². The van der Waals surface area contributed by atoms with Crippen LogP contribution in [0.15, 0.2) is 23.2 Å². The first-order valence-corrected chi connectivity index (χ1v) is 5.21. The van der Waals surface area contributed by atoms with Crippen molar-refractivity contribution in [1.82, 2.24) is 0 Å². The maximum atomic E-state index is 11.6. The van der Waals surface area contributed by atoms with Crippen molar-refractivity contribution < 1.29 is 9.59 Å². The number of benzene rings is 1. The van der Waals surface area contributed by atoms with E-state index < -0.39 is 0 Å². The number of anilines is 1. The maximum absolute atomic E-state index is 11.6. The zero-order valence-electron chi connectivity index (χ0n) is 9.06. The van der Waals surface area contributed by atoms with Crippen LogP contribution in [0.4, 0.5) is 11.4 Å². The molecule has 1 fully saturated rings. The van der Waals surface area contributed by atoms with Crippen molar-refractivity contribution in [3.8, 4) is 0 Å². The van der Waals surface area contributed by atoms with E-state index in [4.69, 9.17) is 0 Å². The summed E-state index contributed by atoms with van der Waals surface area (Å²) in [6.07, 6.45) is 2.95. The van der Waals surface area contributed by atoms with Crippen LogP contribution < -0.4 is 4.90 Å². The van der Waals surface area contributed by atoms with E-state index in [9.17, 15) is 9.59 Å². The van der Waals surface area contributed by atoms with Crippen LogP contribution in [0.25, 0.3) is 0 Å². The summed E-state index contributed by atoms with van der Waals surface area (Å²) < 4.78 is 0. The number of amides is 1. The molecule has 0 spiro atoms. The van der Waals surface area contributed by atoms with Crippen molar-refractivity contribution in [3.63, 3.8) is 0 Å². The Bertz CT molecular complexity index is 476. The summed E-state index contributed by atoms with van der Waals surface area (Å²) in [6, 6.07) is 5.52. The molecule has 1 amide bonds. The van der Waals surface area contributed by atoms with Gasteiger partial charge in [-0.15, -0.1) is 0 Å². The number of nitrogens with zero attached hydrogens (tertiary/aromatic N) is 2. The molecule has 4 heteroatoms. The van der Waals surface area contributed by atoms with Crippen LogP contribution in [0.2, 0.25) is 0 Å². The molecule has 1 aliphatic rings. The van der Waals surface area contributed by atoms with Gasteiger partial charge < -0.3 is 4.90 Å². The predicted molar refractivity (Wildman–Crippen MR) is 60.5 cm³/mol. The number of carbonyl (C=O) groups excluding carboxylic acids is 2. The number of hydrogen-bond donors (Lipinski definition) is 0. The summed E-state index contributed by atoms with van der Waals surface area (Å²) in [5, 5.41) is 0. The number of aliphatic imine (C=N–C) groups is 1. The Labute approximate surface area is 93.6 Å². The molecular weight excluding hydrogens is 204 g/mol. The molecule has 4 nitrogen and oxygen atoms in total. The van der Waals surface area contributed by atoms with E-state index in [1.165, 1.54) is 6.08 Å². The van der Waals surface area contributed by atoms with Crippen molar-refractivity contribution >= 4 is 23.4 Å². The average molecular weight is 216 g/mol. The highest BCUT2D eigenvalue weighted by atomic mass is 16.2. The minimum atomic E-state index is 0.0891. The normalized spacial score (nSPS) is 15.1. The Morgan fingerprint density at radius 2 is 2.25 bits per heavy atom. The minimum Gasteiger partial charge on any atom is -0.310 e. The Balaban J connectivity index is 2.46. The van der Waals surface area contributed by atoms with Crippen molar-refractivity contribution in [2.45, 2.75) is 19.8 Å². The van der Waals surface area contributed by atoms with Gasteiger partial charge >= 0.3 is 0 Å². The summed E-state index contributed by atoms with van der Waals surface area (Å²) in [5.41, 5.74) is 2.23. The predicted octanol–water partition coefficient (Wildman–Crippen LogP) is 2.09. The van der Waals surface area contributed by atoms with Gasteiger partial charge in [-0.3, -0.25) is 4.79 Å². The lowest BCUT2D eigenvalue weighted by Crippen LogP contribution is -2.23. The van der Waals surface area contributed by atoms with E-state index in [1.54, 1.807) is 11.0 Å². The SMILES string of the molecule is Cc1ccc(N2CCCC2=O)c(N=C=O)c1. The second-order valence-corrected chi connectivity index (χ2v) is 3.84. The third-order valence-corrected chi connectivity index (χ3v) is 2.66. The van der Waals surface area contributed by atoms with Crippen LogP contribution in [-0.2, 0) is 9.59 Å². The zero-order chi connectivity index (χ0) is 11.5. The summed E-state index contributed by atoms with van der Waals surface area (Å²) >= 11 is 0. The van der Waals surface area contributed by atoms with Crippen LogP contribution >= 0.6 is 0 Å². The summed E-state index contributed by atoms with van der Waals surface area (Å²) in [6.45, 7) is 2.61. The molecule has 1 aromatic carbocycles. The molecule has 2 rings (SSSR count). The summed E-state index contributed by atoms with van der Waals surface area (Å²) in [5.74, 6) is 0.0891. The molecule has 1 aliphatic heterocycles. The summed E-state index contributed by atoms with van der Waals surface area (Å²) in [7, 11) is 0. The number of carbonyl (C=O) groups is 1. The average Bonchev–Trinajstić information content (AvgIpc) is 2.65. The minimum absolute atomic E-state index is 0.0891. The first-order chi connectivity index (χ1) is 7.72. The lowest BCUT2D eigenvalue weighted by Gasteiger charge is -2.17. The lowest BCUT2D eigenvalue weighted by atomic mass is 10.2. The largest absolute Gasteiger partial charge is 0.310 e. The standard InChI is InChI=1S/C12H12N2O2/c1-9-4-5-11(10(7-9)13-8-15)14-6-2-3-12(14)16/h4-5,7H,2-3,6H2,1H3. The van der Waals surface area contributed by atoms with Crippen LogP contribution in [0.5, 0.6) is 0 Å². The van der Waals surface area contributed by atoms with Gasteiger partial charge in [0.25, 0.3) is 0 Å². The molecule has 0 aliphatic carbocycles. The van der Waals surface area contributed by atoms with Crippen molar-refractivity contribution in [1.29, 1.82) is 0 Å². The smallest absolute Gasteiger partial charge is 0.240 e. The van der Waals surface area contributed by atoms with Crippen molar-refractivity contribution in [2.75, 3.05) is 11.4 Å². The van der Waals surface area contributed by atoms with Gasteiger partial charge in [-0.05, 0) is 31.0 Å². The van der Waals surface area contributed by atoms with Crippen LogP contribution in [0.1, 0.15) is 18.4 Å². The molecule has 16 heavy (non-hydrogen) atoms. The first kappa shape index (κ1) is 10.6. The third kappa shape index (κ3) is 1.88. The lowest BCUT2D eigenvalue weighted by molar-refractivity contribution is -0.117. The highest BCUT2D eigenvalue weighted by molar-refractivity contribution is 5.98. The van der Waals surface area contributed by atoms with Crippen LogP contribution in [0.3, 0.4) is 0 Å². The zero-order valence-corrected chi connectivity index (χ0v) is 9.06. The molecule has 0 atom stereocenters. The number of isocyanates is 1. The van der Waals surface area contributed by atoms with Gasteiger partial charge in [-0.25, -0.2) is 4.79 Å². The monoisotopic (exact) mass is 216 g/mol. The number of aryl methyl sites for hydroxylation is 1. The Morgan fingerprint density at radius 1 is 1.44 bits per heavy atom. The van der Waals surface area contributed by atoms with E-state index in [2.05, 4.69) is 4.99 Å². The third-order valence-electron chi connectivity index (χ3n) is 2.66. The topological polar surface area (TPSA) is 49.7 Å². The molecule has 1 heterocycles. The van der Waals surface area contributed by atoms with Crippen LogP contribution in [-0.4, -0.2) is 18.5 Å². The molecule has 0 unspecified atom stereocenters. The fourth-order valence-electron chi connectivity index (χ4n) is 1.90. The molecule has 1 aromatic rings. The second-order valence-electron chi connectivity index (χ2n) is 3.84. The van der Waals surface area contributed by atoms with E-state index in [0.717, 1.165) is 12.0 Å². The highest BCUT2D eigenvalue weighted by Gasteiger charge is 2.23. The highest BCUT2D eigenvalue weighted by Crippen LogP contribution is 2.32. The van der Waals surface area contributed by atoms with E-state index in [-0.39, 0.29) is 5.91 Å². The molecule has 0 N–H and O–H groups in total. The van der Waals surface area contributed by atoms with Gasteiger partial charge in [-0.2, -0.15) is 4.99 Å². The van der Waals surface area contributed by atoms with Gasteiger partial charge in [0.1, 0.15) is 5.69 Å². The van der Waals surface area contributed by atoms with E-state index in [0.29, 0.717) is 24.3 Å². The fraction of sp³-hybridized carbons (Fsp3) is 0.333. The fourth-order valence-corrected chi connectivity index (χ4v) is 1.90. The van der Waals surface area contributed by atoms with Crippen LogP contribution in [0, 0.1) is 6.92 Å². The van der Waals surface area contributed by atoms with Gasteiger partial charge in [0.15, 0.2) is 0 Å². The van der Waals surface area contributed by atoms with E-state index in [1.807, 2.05) is 19.1 Å². The van der Waals surface area contributed by atoms with Crippen molar-refractivity contribution in [2.24, 2.45) is 4.99 Å². The van der Waals surface area contributed by atoms with Gasteiger partial charge in [-0.1, -0.05) is 6.07 Å². The Morgan fingerprint density at radius 3 is 2.88 bits per heavy atom. The molecular formula is C12H12N2O2. The Kier molecular flexibility index (Phi) is 2.84. The summed E-state index contributed by atoms with van der Waals surface area (Å²) in [4.78, 5) is 27.3.